The molecular weight excluding hydrogens is 442 g/mol. The van der Waals surface area contributed by atoms with Crippen LogP contribution in [0.25, 0.3) is 0 Å². The molecule has 2 aromatic rings. The topological polar surface area (TPSA) is 75.9 Å². The van der Waals surface area contributed by atoms with Gasteiger partial charge in [-0.05, 0) is 44.7 Å². The second kappa shape index (κ2) is 12.3. The van der Waals surface area contributed by atoms with E-state index >= 15 is 0 Å². The van der Waals surface area contributed by atoms with Gasteiger partial charge in [0.15, 0.2) is 0 Å². The summed E-state index contributed by atoms with van der Waals surface area (Å²) < 4.78 is 5.40. The number of nitrogens with zero attached hydrogens (tertiary/aromatic N) is 3. The van der Waals surface area contributed by atoms with Crippen molar-refractivity contribution in [2.24, 2.45) is 0 Å². The van der Waals surface area contributed by atoms with E-state index < -0.39 is 11.1 Å². The van der Waals surface area contributed by atoms with Crippen LogP contribution in [0.1, 0.15) is 57.6 Å². The molecule has 0 N–H and O–H groups in total. The first kappa shape index (κ1) is 26.8. The number of rotatable bonds is 10. The van der Waals surface area contributed by atoms with Crippen LogP contribution in [0.5, 0.6) is 0 Å². The summed E-state index contributed by atoms with van der Waals surface area (Å²) in [6.07, 6.45) is 1.91. The second-order valence-electron chi connectivity index (χ2n) is 10.7. The van der Waals surface area contributed by atoms with Crippen LogP contribution in [0.2, 0.25) is 0 Å². The first-order chi connectivity index (χ1) is 16.7. The third kappa shape index (κ3) is 8.75. The number of esters is 1. The Labute approximate surface area is 209 Å². The van der Waals surface area contributed by atoms with E-state index in [1.165, 1.54) is 0 Å². The van der Waals surface area contributed by atoms with Crippen LogP contribution in [0.15, 0.2) is 60.7 Å². The smallest absolute Gasteiger partial charge is 0.306 e. The van der Waals surface area contributed by atoms with Crippen LogP contribution in [0.4, 0.5) is 0 Å². The Bertz CT molecular complexity index is 892. The molecule has 0 saturated carbocycles. The SMILES string of the molecule is CC(C)(C)OC(=O)CCCCC1([N+](=O)[O-])CN(Cc2ccccc2)CCN(Cc2ccccc2)C1. The number of ether oxygens (including phenoxy) is 1. The van der Waals surface area contributed by atoms with Crippen molar-refractivity contribution in [2.45, 2.75) is 70.7 Å². The van der Waals surface area contributed by atoms with E-state index in [1.807, 2.05) is 57.2 Å². The molecule has 3 rings (SSSR count). The molecule has 0 radical (unpaired) electrons. The molecule has 0 atom stereocenters. The first-order valence-corrected chi connectivity index (χ1v) is 12.5. The summed E-state index contributed by atoms with van der Waals surface area (Å²) in [5.41, 5.74) is 0.710. The maximum atomic E-state index is 12.6. The zero-order valence-corrected chi connectivity index (χ0v) is 21.3. The van der Waals surface area contributed by atoms with Gasteiger partial charge in [-0.15, -0.1) is 0 Å². The molecule has 35 heavy (non-hydrogen) atoms. The predicted molar refractivity (Wildman–Crippen MR) is 137 cm³/mol. The fourth-order valence-corrected chi connectivity index (χ4v) is 4.76. The Hall–Kier alpha value is -2.77. The van der Waals surface area contributed by atoms with Gasteiger partial charge in [-0.3, -0.25) is 24.7 Å². The van der Waals surface area contributed by atoms with Gasteiger partial charge in [-0.2, -0.15) is 0 Å². The molecule has 1 aliphatic heterocycles. The minimum Gasteiger partial charge on any atom is -0.460 e. The van der Waals surface area contributed by atoms with E-state index in [1.54, 1.807) is 0 Å². The Morgan fingerprint density at radius 3 is 1.83 bits per heavy atom. The van der Waals surface area contributed by atoms with Crippen molar-refractivity contribution in [3.63, 3.8) is 0 Å². The third-order valence-electron chi connectivity index (χ3n) is 6.35. The minimum absolute atomic E-state index is 0.0677. The van der Waals surface area contributed by atoms with E-state index in [2.05, 4.69) is 34.1 Å². The monoisotopic (exact) mass is 481 g/mol. The van der Waals surface area contributed by atoms with E-state index in [4.69, 9.17) is 4.74 Å². The van der Waals surface area contributed by atoms with Crippen molar-refractivity contribution in [2.75, 3.05) is 26.2 Å². The van der Waals surface area contributed by atoms with E-state index in [9.17, 15) is 14.9 Å². The molecule has 0 aliphatic carbocycles. The van der Waals surface area contributed by atoms with Crippen molar-refractivity contribution < 1.29 is 14.5 Å². The van der Waals surface area contributed by atoms with Gasteiger partial charge in [-0.25, -0.2) is 0 Å². The normalized spacial score (nSPS) is 17.0. The molecule has 1 aliphatic rings. The Balaban J connectivity index is 1.72. The summed E-state index contributed by atoms with van der Waals surface area (Å²) in [6.45, 7) is 9.26. The summed E-state index contributed by atoms with van der Waals surface area (Å²) in [4.78, 5) is 29.1. The zero-order chi connectivity index (χ0) is 25.3. The van der Waals surface area contributed by atoms with Crippen LogP contribution >= 0.6 is 0 Å². The number of nitro groups is 1. The molecule has 0 amide bonds. The van der Waals surface area contributed by atoms with Crippen LogP contribution in [0.3, 0.4) is 0 Å². The molecule has 1 saturated heterocycles. The number of hydrogen-bond donors (Lipinski definition) is 0. The average molecular weight is 482 g/mol. The van der Waals surface area contributed by atoms with Gasteiger partial charge in [0.05, 0.1) is 13.1 Å². The highest BCUT2D eigenvalue weighted by molar-refractivity contribution is 5.69. The minimum atomic E-state index is -1.09. The van der Waals surface area contributed by atoms with Crippen molar-refractivity contribution in [3.8, 4) is 0 Å². The molecular formula is C28H39N3O4. The van der Waals surface area contributed by atoms with Gasteiger partial charge in [0.1, 0.15) is 5.60 Å². The lowest BCUT2D eigenvalue weighted by Gasteiger charge is -2.31. The van der Waals surface area contributed by atoms with E-state index in [-0.39, 0.29) is 17.3 Å². The number of carbonyl (C=O) groups is 1. The fourth-order valence-electron chi connectivity index (χ4n) is 4.76. The second-order valence-corrected chi connectivity index (χ2v) is 10.7. The number of unbranched alkanes of at least 4 members (excludes halogenated alkanes) is 1. The van der Waals surface area contributed by atoms with Gasteiger partial charge >= 0.3 is 5.97 Å². The fraction of sp³-hybridized carbons (Fsp3) is 0.536. The standard InChI is InChI=1S/C28H39N3O4/c1-27(2,3)35-26(32)16-10-11-17-28(31(33)34)22-29(20-24-12-6-4-7-13-24)18-19-30(23-28)21-25-14-8-5-9-15-25/h4-9,12-15H,10-11,16-23H2,1-3H3. The van der Waals surface area contributed by atoms with Crippen molar-refractivity contribution in [1.29, 1.82) is 0 Å². The zero-order valence-electron chi connectivity index (χ0n) is 21.3. The van der Waals surface area contributed by atoms with Crippen LogP contribution in [-0.2, 0) is 22.6 Å². The number of hydrogen-bond acceptors (Lipinski definition) is 6. The molecule has 190 valence electrons. The molecule has 0 spiro atoms. The molecule has 0 unspecified atom stereocenters. The highest BCUT2D eigenvalue weighted by Crippen LogP contribution is 2.27. The van der Waals surface area contributed by atoms with Gasteiger partial charge in [0.2, 0.25) is 5.54 Å². The number of benzene rings is 2. The molecule has 1 fully saturated rings. The van der Waals surface area contributed by atoms with Crippen LogP contribution < -0.4 is 0 Å². The van der Waals surface area contributed by atoms with E-state index in [0.717, 1.165) is 24.2 Å². The lowest BCUT2D eigenvalue weighted by atomic mass is 9.91. The summed E-state index contributed by atoms with van der Waals surface area (Å²) in [7, 11) is 0. The van der Waals surface area contributed by atoms with Crippen LogP contribution in [0, 0.1) is 10.1 Å². The highest BCUT2D eigenvalue weighted by Gasteiger charge is 2.47. The summed E-state index contributed by atoms with van der Waals surface area (Å²) >= 11 is 0. The third-order valence-corrected chi connectivity index (χ3v) is 6.35. The van der Waals surface area contributed by atoms with Crippen molar-refractivity contribution >= 4 is 5.97 Å². The predicted octanol–water partition coefficient (Wildman–Crippen LogP) is 4.92. The van der Waals surface area contributed by atoms with Crippen molar-refractivity contribution in [1.82, 2.24) is 9.80 Å². The summed E-state index contributed by atoms with van der Waals surface area (Å²) in [5, 5.41) is 12.6. The van der Waals surface area contributed by atoms with Gasteiger partial charge in [0, 0.05) is 43.9 Å². The Kier molecular flexibility index (Phi) is 9.40. The van der Waals surface area contributed by atoms with Gasteiger partial charge < -0.3 is 4.74 Å². The Morgan fingerprint density at radius 2 is 1.40 bits per heavy atom. The average Bonchev–Trinajstić information content (AvgIpc) is 2.97. The Morgan fingerprint density at radius 1 is 0.914 bits per heavy atom. The maximum Gasteiger partial charge on any atom is 0.306 e. The highest BCUT2D eigenvalue weighted by atomic mass is 16.6. The molecule has 7 nitrogen and oxygen atoms in total. The van der Waals surface area contributed by atoms with Gasteiger partial charge in [-0.1, -0.05) is 60.7 Å². The largest absolute Gasteiger partial charge is 0.460 e. The van der Waals surface area contributed by atoms with Crippen molar-refractivity contribution in [3.05, 3.63) is 81.9 Å². The summed E-state index contributed by atoms with van der Waals surface area (Å²) in [6, 6.07) is 20.3. The molecule has 1 heterocycles. The lowest BCUT2D eigenvalue weighted by molar-refractivity contribution is -0.571. The lowest BCUT2D eigenvalue weighted by Crippen LogP contribution is -2.52. The number of carbonyl (C=O) groups excluding carboxylic acids is 1. The molecule has 0 bridgehead atoms. The molecule has 0 aromatic heterocycles. The van der Waals surface area contributed by atoms with E-state index in [0.29, 0.717) is 45.4 Å². The maximum absolute atomic E-state index is 12.6. The quantitative estimate of drug-likeness (QED) is 0.207. The summed E-state index contributed by atoms with van der Waals surface area (Å²) in [5.74, 6) is -0.245. The van der Waals surface area contributed by atoms with Crippen LogP contribution in [-0.4, -0.2) is 58.0 Å². The molecule has 7 heteroatoms. The first-order valence-electron chi connectivity index (χ1n) is 12.5. The molecule has 2 aromatic carbocycles. The van der Waals surface area contributed by atoms with Gasteiger partial charge in [0.25, 0.3) is 0 Å².